The number of hydrogen-bond acceptors (Lipinski definition) is 4. The van der Waals surface area contributed by atoms with Gasteiger partial charge < -0.3 is 14.8 Å². The first kappa shape index (κ1) is 13.0. The van der Waals surface area contributed by atoms with E-state index in [4.69, 9.17) is 9.94 Å². The first-order valence-electron chi connectivity index (χ1n) is 7.99. The van der Waals surface area contributed by atoms with Crippen molar-refractivity contribution in [2.75, 3.05) is 0 Å². The molecule has 1 saturated carbocycles. The second kappa shape index (κ2) is 4.65. The van der Waals surface area contributed by atoms with Gasteiger partial charge in [0.2, 0.25) is 0 Å². The Balaban J connectivity index is 1.82. The van der Waals surface area contributed by atoms with Crippen LogP contribution in [0.25, 0.3) is 0 Å². The number of oxime groups is 1. The highest BCUT2D eigenvalue weighted by atomic mass is 16.5. The van der Waals surface area contributed by atoms with Gasteiger partial charge in [-0.2, -0.15) is 0 Å². The molecule has 112 valence electrons. The third-order valence-corrected chi connectivity index (χ3v) is 5.45. The van der Waals surface area contributed by atoms with E-state index in [-0.39, 0.29) is 11.5 Å². The van der Waals surface area contributed by atoms with E-state index in [0.29, 0.717) is 5.71 Å². The normalized spacial score (nSPS) is 34.9. The number of ether oxygens (including phenoxy) is 1. The fourth-order valence-electron chi connectivity index (χ4n) is 4.32. The maximum atomic E-state index is 9.11. The summed E-state index contributed by atoms with van der Waals surface area (Å²) in [5, 5.41) is 12.5. The summed E-state index contributed by atoms with van der Waals surface area (Å²) in [6.07, 6.45) is 14.6. The lowest BCUT2D eigenvalue weighted by molar-refractivity contribution is 0.183. The summed E-state index contributed by atoms with van der Waals surface area (Å²) < 4.78 is 6.32. The number of fused-ring (bicyclic) bond motifs is 1. The van der Waals surface area contributed by atoms with Gasteiger partial charge in [-0.25, -0.2) is 0 Å². The van der Waals surface area contributed by atoms with Crippen molar-refractivity contribution < 1.29 is 9.94 Å². The Labute approximate surface area is 125 Å². The first-order valence-corrected chi connectivity index (χ1v) is 7.99. The average molecular weight is 286 g/mol. The Morgan fingerprint density at radius 1 is 1.43 bits per heavy atom. The smallest absolute Gasteiger partial charge is 0.141 e. The van der Waals surface area contributed by atoms with Gasteiger partial charge in [-0.1, -0.05) is 17.7 Å². The van der Waals surface area contributed by atoms with Crippen LogP contribution < -0.4 is 0 Å². The molecule has 1 aliphatic carbocycles. The molecule has 1 N–H and O–H groups in total. The predicted molar refractivity (Wildman–Crippen MR) is 80.6 cm³/mol. The Hall–Kier alpha value is -1.71. The van der Waals surface area contributed by atoms with Gasteiger partial charge in [0, 0.05) is 18.8 Å². The first-order chi connectivity index (χ1) is 10.2. The van der Waals surface area contributed by atoms with E-state index in [1.807, 2.05) is 6.92 Å². The van der Waals surface area contributed by atoms with Gasteiger partial charge >= 0.3 is 0 Å². The highest BCUT2D eigenvalue weighted by molar-refractivity contribution is 5.86. The molecule has 4 rings (SSSR count). The van der Waals surface area contributed by atoms with E-state index < -0.39 is 0 Å². The van der Waals surface area contributed by atoms with Gasteiger partial charge in [0.1, 0.15) is 11.9 Å². The number of rotatable bonds is 1. The Kier molecular flexibility index (Phi) is 2.88. The zero-order chi connectivity index (χ0) is 14.4. The van der Waals surface area contributed by atoms with Crippen molar-refractivity contribution in [1.29, 1.82) is 0 Å². The molecule has 0 aromatic carbocycles. The Morgan fingerprint density at radius 2 is 2.33 bits per heavy atom. The molecule has 4 nitrogen and oxygen atoms in total. The molecule has 0 radical (unpaired) electrons. The Bertz CT molecular complexity index is 588. The van der Waals surface area contributed by atoms with E-state index in [9.17, 15) is 0 Å². The summed E-state index contributed by atoms with van der Waals surface area (Å²) in [6, 6.07) is 0. The largest absolute Gasteiger partial charge is 0.486 e. The minimum Gasteiger partial charge on any atom is -0.486 e. The number of nitrogens with zero attached hydrogens (tertiary/aromatic N) is 2. The van der Waals surface area contributed by atoms with Crippen molar-refractivity contribution in [3.8, 4) is 0 Å². The Morgan fingerprint density at radius 3 is 3.19 bits per heavy atom. The predicted octanol–water partition coefficient (Wildman–Crippen LogP) is 3.90. The molecule has 0 bridgehead atoms. The second-order valence-electron chi connectivity index (χ2n) is 6.60. The lowest BCUT2D eigenvalue weighted by atomic mass is 9.65. The summed E-state index contributed by atoms with van der Waals surface area (Å²) in [6.45, 7) is 1.86. The van der Waals surface area contributed by atoms with Gasteiger partial charge in [-0.3, -0.25) is 0 Å². The van der Waals surface area contributed by atoms with E-state index in [2.05, 4.69) is 28.5 Å². The van der Waals surface area contributed by atoms with Crippen LogP contribution in [0, 0.1) is 5.41 Å². The van der Waals surface area contributed by atoms with Crippen molar-refractivity contribution >= 4 is 5.71 Å². The SMILES string of the molecule is CC(=NO)C1CC23CCCCC2=CN2C=CCCC2=C3O1. The van der Waals surface area contributed by atoms with Gasteiger partial charge in [0.15, 0.2) is 0 Å². The summed E-state index contributed by atoms with van der Waals surface area (Å²) >= 11 is 0. The molecule has 0 aromatic heterocycles. The van der Waals surface area contributed by atoms with Crippen LogP contribution in [-0.4, -0.2) is 21.9 Å². The third-order valence-electron chi connectivity index (χ3n) is 5.45. The molecule has 2 atom stereocenters. The zero-order valence-electron chi connectivity index (χ0n) is 12.5. The van der Waals surface area contributed by atoms with Gasteiger partial charge in [0.25, 0.3) is 0 Å². The zero-order valence-corrected chi connectivity index (χ0v) is 12.5. The highest BCUT2D eigenvalue weighted by Gasteiger charge is 2.53. The monoisotopic (exact) mass is 286 g/mol. The quantitative estimate of drug-likeness (QED) is 0.451. The maximum absolute atomic E-state index is 9.11. The van der Waals surface area contributed by atoms with Crippen LogP contribution >= 0.6 is 0 Å². The van der Waals surface area contributed by atoms with Crippen LogP contribution in [-0.2, 0) is 4.74 Å². The summed E-state index contributed by atoms with van der Waals surface area (Å²) in [4.78, 5) is 2.26. The molecule has 4 heteroatoms. The van der Waals surface area contributed by atoms with Gasteiger partial charge in [-0.05, 0) is 44.6 Å². The molecule has 3 heterocycles. The molecule has 2 unspecified atom stereocenters. The molecule has 3 aliphatic heterocycles. The fraction of sp³-hybridized carbons (Fsp3) is 0.588. The van der Waals surface area contributed by atoms with E-state index in [0.717, 1.165) is 31.4 Å². The van der Waals surface area contributed by atoms with Crippen LogP contribution in [0.3, 0.4) is 0 Å². The summed E-state index contributed by atoms with van der Waals surface area (Å²) in [5.74, 6) is 1.16. The van der Waals surface area contributed by atoms with Crippen LogP contribution in [0.2, 0.25) is 0 Å². The molecule has 0 aromatic rings. The molecular weight excluding hydrogens is 264 g/mol. The van der Waals surface area contributed by atoms with Crippen LogP contribution in [0.5, 0.6) is 0 Å². The molecule has 2 fully saturated rings. The lowest BCUT2D eigenvalue weighted by Gasteiger charge is -2.43. The third kappa shape index (κ3) is 1.78. The van der Waals surface area contributed by atoms with E-state index in [1.165, 1.54) is 30.5 Å². The van der Waals surface area contributed by atoms with Crippen LogP contribution in [0.15, 0.2) is 40.7 Å². The second-order valence-corrected chi connectivity index (χ2v) is 6.60. The topological polar surface area (TPSA) is 45.1 Å². The van der Waals surface area contributed by atoms with Gasteiger partial charge in [-0.15, -0.1) is 0 Å². The molecule has 4 aliphatic rings. The van der Waals surface area contributed by atoms with Crippen molar-refractivity contribution in [3.05, 3.63) is 35.5 Å². The molecule has 1 spiro atoms. The molecule has 21 heavy (non-hydrogen) atoms. The minimum absolute atomic E-state index is 0.0753. The lowest BCUT2D eigenvalue weighted by Crippen LogP contribution is -2.34. The van der Waals surface area contributed by atoms with Crippen molar-refractivity contribution in [2.24, 2.45) is 10.6 Å². The average Bonchev–Trinajstić information content (AvgIpc) is 2.91. The van der Waals surface area contributed by atoms with Crippen molar-refractivity contribution in [2.45, 2.75) is 58.0 Å². The van der Waals surface area contributed by atoms with Crippen molar-refractivity contribution in [1.82, 2.24) is 4.90 Å². The van der Waals surface area contributed by atoms with Crippen LogP contribution in [0.4, 0.5) is 0 Å². The summed E-state index contributed by atoms with van der Waals surface area (Å²) in [5.41, 5.74) is 3.59. The number of hydrogen-bond donors (Lipinski definition) is 1. The highest BCUT2D eigenvalue weighted by Crippen LogP contribution is 2.58. The van der Waals surface area contributed by atoms with E-state index >= 15 is 0 Å². The standard InChI is InChI=1S/C17H22N2O2/c1-12(18-20)15-10-17-8-4-2-6-13(17)11-19-9-5-3-7-14(19)16(17)21-15/h5,9,11,15,20H,2-4,6-8,10H2,1H3. The van der Waals surface area contributed by atoms with E-state index in [1.54, 1.807) is 0 Å². The van der Waals surface area contributed by atoms with Crippen LogP contribution in [0.1, 0.15) is 51.9 Å². The molecular formula is C17H22N2O2. The fourth-order valence-corrected chi connectivity index (χ4v) is 4.32. The minimum atomic E-state index is -0.0788. The van der Waals surface area contributed by atoms with Crippen molar-refractivity contribution in [3.63, 3.8) is 0 Å². The molecule has 1 saturated heterocycles. The number of allylic oxidation sites excluding steroid dienone is 3. The van der Waals surface area contributed by atoms with Gasteiger partial charge in [0.05, 0.1) is 16.8 Å². The summed E-state index contributed by atoms with van der Waals surface area (Å²) in [7, 11) is 0. The molecule has 0 amide bonds. The maximum Gasteiger partial charge on any atom is 0.141 e.